The smallest absolute Gasteiger partial charge is 0.305 e. The van der Waals surface area contributed by atoms with Crippen molar-refractivity contribution in [1.29, 1.82) is 5.41 Å². The van der Waals surface area contributed by atoms with Crippen LogP contribution in [0.4, 0.5) is 0 Å². The maximum Gasteiger partial charge on any atom is 0.305 e. The molecule has 148 valence electrons. The van der Waals surface area contributed by atoms with Crippen molar-refractivity contribution >= 4 is 30.2 Å². The van der Waals surface area contributed by atoms with Crippen LogP contribution in [0.2, 0.25) is 0 Å². The predicted octanol–water partition coefficient (Wildman–Crippen LogP) is 3.87. The van der Waals surface area contributed by atoms with Crippen molar-refractivity contribution in [3.63, 3.8) is 0 Å². The third-order valence-corrected chi connectivity index (χ3v) is 3.60. The van der Waals surface area contributed by atoms with E-state index in [1.165, 1.54) is 0 Å². The number of likely N-dealkylation sites (N-methyl/N-ethyl adjacent to an activating group) is 1. The third kappa shape index (κ3) is 15.9. The highest BCUT2D eigenvalue weighted by atomic mass is 35.5. The van der Waals surface area contributed by atoms with Gasteiger partial charge in [0.05, 0.1) is 6.54 Å². The Bertz CT molecular complexity index is 463. The average Bonchev–Trinajstić information content (AvgIpc) is 2.58. The number of hydrogen-bond acceptors (Lipinski definition) is 4. The maximum absolute atomic E-state index is 11.9. The monoisotopic (exact) mass is 380 g/mol. The van der Waals surface area contributed by atoms with Crippen molar-refractivity contribution in [2.45, 2.75) is 78.1 Å². The van der Waals surface area contributed by atoms with Gasteiger partial charge in [0.25, 0.3) is 0 Å². The van der Waals surface area contributed by atoms with Crippen molar-refractivity contribution < 1.29 is 18.4 Å². The van der Waals surface area contributed by atoms with Crippen LogP contribution in [0.25, 0.3) is 0 Å². The number of carbonyl (C=O) groups excluding carboxylic acids is 2. The number of nitrogens with zero attached hydrogens (tertiary/aromatic N) is 1. The molecule has 25 heavy (non-hydrogen) atoms. The summed E-state index contributed by atoms with van der Waals surface area (Å²) in [6.45, 7) is 1.24. The van der Waals surface area contributed by atoms with Crippen LogP contribution in [-0.2, 0) is 14.3 Å². The molecule has 0 aliphatic heterocycles. The van der Waals surface area contributed by atoms with E-state index in [0.717, 1.165) is 49.8 Å². The minimum absolute atomic E-state index is 0. The van der Waals surface area contributed by atoms with Gasteiger partial charge < -0.3 is 9.64 Å². The van der Waals surface area contributed by atoms with Crippen LogP contribution in [0, 0.1) is 5.41 Å². The van der Waals surface area contributed by atoms with Gasteiger partial charge in [-0.2, -0.15) is 0 Å². The molecule has 6 nitrogen and oxygen atoms in total. The van der Waals surface area contributed by atoms with Gasteiger partial charge in [-0.3, -0.25) is 20.3 Å². The average molecular weight is 381 g/mol. The molecule has 0 rings (SSSR count). The molecule has 0 radical (unpaired) electrons. The van der Waals surface area contributed by atoms with Crippen LogP contribution in [-0.4, -0.2) is 42.9 Å². The van der Waals surface area contributed by atoms with E-state index in [2.05, 4.69) is 19.2 Å². The number of hydrogen-bond donors (Lipinski definition) is 2. The Morgan fingerprint density at radius 1 is 1.04 bits per heavy atom. The van der Waals surface area contributed by atoms with E-state index < -0.39 is 12.9 Å². The van der Waals surface area contributed by atoms with E-state index in [0.29, 0.717) is 12.8 Å². The molecule has 0 aliphatic rings. The first-order valence-electron chi connectivity index (χ1n) is 10.5. The van der Waals surface area contributed by atoms with Crippen LogP contribution < -0.4 is 5.32 Å². The quantitative estimate of drug-likeness (QED) is 0.220. The lowest BCUT2D eigenvalue weighted by Gasteiger charge is -2.20. The second kappa shape index (κ2) is 17.5. The molecule has 2 N–H and O–H groups in total. The van der Waals surface area contributed by atoms with Crippen LogP contribution in [0.3, 0.4) is 0 Å². The summed E-state index contributed by atoms with van der Waals surface area (Å²) < 4.78 is 27.6. The molecule has 0 spiro atoms. The van der Waals surface area contributed by atoms with E-state index in [4.69, 9.17) is 14.3 Å². The van der Waals surface area contributed by atoms with Crippen LogP contribution in [0.5, 0.6) is 0 Å². The van der Waals surface area contributed by atoms with Crippen molar-refractivity contribution in [2.24, 2.45) is 0 Å². The van der Waals surface area contributed by atoms with Gasteiger partial charge in [-0.25, -0.2) is 0 Å². The Labute approximate surface area is 163 Å². The number of nitrogens with one attached hydrogen (secondary N) is 2. The van der Waals surface area contributed by atoms with Crippen LogP contribution in [0.15, 0.2) is 0 Å². The fraction of sp³-hybridized carbons (Fsp3) is 0.833. The molecule has 0 aromatic rings. The van der Waals surface area contributed by atoms with E-state index in [-0.39, 0.29) is 43.9 Å². The maximum atomic E-state index is 11.9. The first-order valence-corrected chi connectivity index (χ1v) is 9.04. The molecule has 0 saturated carbocycles. The Morgan fingerprint density at radius 3 is 2.20 bits per heavy atom. The Morgan fingerprint density at radius 2 is 1.64 bits per heavy atom. The first kappa shape index (κ1) is 20.0. The van der Waals surface area contributed by atoms with Gasteiger partial charge in [-0.1, -0.05) is 52.4 Å². The molecule has 0 heterocycles. The van der Waals surface area contributed by atoms with E-state index >= 15 is 0 Å². The number of halogens is 1. The summed E-state index contributed by atoms with van der Waals surface area (Å²) in [6.07, 6.45) is 8.14. The fourth-order valence-corrected chi connectivity index (χ4v) is 2.11. The summed E-state index contributed by atoms with van der Waals surface area (Å²) in [6, 6.07) is 0. The largest absolute Gasteiger partial charge is 0.464 e. The van der Waals surface area contributed by atoms with Crippen molar-refractivity contribution in [3.05, 3.63) is 0 Å². The van der Waals surface area contributed by atoms with Gasteiger partial charge in [-0.05, 0) is 12.8 Å². The molecule has 0 unspecified atom stereocenters. The Hall–Kier alpha value is -1.30. The number of carbonyl (C=O) groups is 2. The van der Waals surface area contributed by atoms with Gasteiger partial charge in [0.15, 0.2) is 5.96 Å². The summed E-state index contributed by atoms with van der Waals surface area (Å²) in [5.74, 6) is -1.24. The minimum Gasteiger partial charge on any atom is -0.464 e. The Balaban J connectivity index is 0. The van der Waals surface area contributed by atoms with Gasteiger partial charge in [0.2, 0.25) is 5.91 Å². The molecular formula is C18H36ClN3O3. The highest BCUT2D eigenvalue weighted by Crippen LogP contribution is 2.04. The van der Waals surface area contributed by atoms with Crippen molar-refractivity contribution in [2.75, 3.05) is 20.1 Å². The minimum atomic E-state index is -2.60. The topological polar surface area (TPSA) is 82.5 Å². The summed E-state index contributed by atoms with van der Waals surface area (Å²) >= 11 is 0. The number of ether oxygens (including phenoxy) is 1. The van der Waals surface area contributed by atoms with Crippen LogP contribution >= 0.6 is 12.4 Å². The molecule has 1 amide bonds. The van der Waals surface area contributed by atoms with E-state index in [1.807, 2.05) is 0 Å². The molecule has 0 aliphatic carbocycles. The number of rotatable bonds is 13. The molecule has 0 fully saturated rings. The van der Waals surface area contributed by atoms with Gasteiger partial charge in [-0.15, -0.1) is 12.4 Å². The molecule has 7 heteroatoms. The normalized spacial score (nSPS) is 12.2. The molecule has 0 bridgehead atoms. The van der Waals surface area contributed by atoms with Crippen LogP contribution in [0.1, 0.15) is 82.2 Å². The molecular weight excluding hydrogens is 342 g/mol. The highest BCUT2D eigenvalue weighted by Gasteiger charge is 2.10. The zero-order valence-electron chi connectivity index (χ0n) is 18.6. The zero-order valence-corrected chi connectivity index (χ0v) is 16.4. The lowest BCUT2D eigenvalue weighted by molar-refractivity contribution is -0.144. The lowest BCUT2D eigenvalue weighted by atomic mass is 10.1. The number of unbranched alkanes of at least 4 members (excludes halogenated alkanes) is 6. The second-order valence-electron chi connectivity index (χ2n) is 5.89. The zero-order chi connectivity index (χ0) is 20.7. The summed E-state index contributed by atoms with van der Waals surface area (Å²) in [5.41, 5.74) is 0. The van der Waals surface area contributed by atoms with E-state index in [1.54, 1.807) is 0 Å². The predicted molar refractivity (Wildman–Crippen MR) is 104 cm³/mol. The van der Waals surface area contributed by atoms with Gasteiger partial charge in [0, 0.05) is 23.9 Å². The SMILES string of the molecule is Cl.[2H]C([2H])([2H])N(CCOC(=O)CCCCCC)C(=N)NC(=O)CCCCCC. The standard InChI is InChI=1S/C18H35N3O3.ClH/c1-4-6-8-10-12-16(22)20-18(19)21(3)14-15-24-17(23)13-11-9-7-5-2;/h4-15H2,1-3H3,(H2,19,20,22);1H/i3D3;. The molecule has 0 saturated heterocycles. The summed E-state index contributed by atoms with van der Waals surface area (Å²) in [7, 11) is 0. The number of guanidine groups is 1. The van der Waals surface area contributed by atoms with Crippen molar-refractivity contribution in [3.8, 4) is 0 Å². The first-order chi connectivity index (χ1) is 12.7. The Kier molecular flexibility index (Phi) is 14.0. The molecule has 0 aromatic carbocycles. The lowest BCUT2D eigenvalue weighted by Crippen LogP contribution is -2.42. The summed E-state index contributed by atoms with van der Waals surface area (Å²) in [5, 5.41) is 10.2. The second-order valence-corrected chi connectivity index (χ2v) is 5.89. The van der Waals surface area contributed by atoms with Gasteiger partial charge >= 0.3 is 5.97 Å². The fourth-order valence-electron chi connectivity index (χ4n) is 2.11. The van der Waals surface area contributed by atoms with Crippen molar-refractivity contribution in [1.82, 2.24) is 10.2 Å². The number of amides is 1. The highest BCUT2D eigenvalue weighted by molar-refractivity contribution is 5.95. The van der Waals surface area contributed by atoms with Gasteiger partial charge in [0.1, 0.15) is 6.61 Å². The molecule has 0 atom stereocenters. The molecule has 0 aromatic heterocycles. The van der Waals surface area contributed by atoms with E-state index in [9.17, 15) is 9.59 Å². The number of esters is 1. The summed E-state index contributed by atoms with van der Waals surface area (Å²) in [4.78, 5) is 24.3. The third-order valence-electron chi connectivity index (χ3n) is 3.60.